The van der Waals surface area contributed by atoms with Crippen LogP contribution in [0.15, 0.2) is 39.9 Å². The average molecular weight is 402 g/mol. The summed E-state index contributed by atoms with van der Waals surface area (Å²) in [6.07, 6.45) is 1.27. The van der Waals surface area contributed by atoms with Gasteiger partial charge in [0.15, 0.2) is 0 Å². The number of hydrogen-bond donors (Lipinski definition) is 2. The van der Waals surface area contributed by atoms with Crippen molar-refractivity contribution in [3.05, 3.63) is 61.5 Å². The van der Waals surface area contributed by atoms with E-state index in [4.69, 9.17) is 23.2 Å². The number of benzene rings is 2. The third-order valence-corrected chi connectivity index (χ3v) is 3.96. The minimum absolute atomic E-state index is 0.113. The van der Waals surface area contributed by atoms with Crippen LogP contribution in [-0.2, 0) is 0 Å². The molecule has 2 N–H and O–H groups in total. The minimum Gasteiger partial charge on any atom is -0.506 e. The van der Waals surface area contributed by atoms with E-state index in [1.165, 1.54) is 18.3 Å². The lowest BCUT2D eigenvalue weighted by atomic mass is 10.1. The first-order valence-electron chi connectivity index (χ1n) is 6.16. The normalized spacial score (nSPS) is 10.9. The zero-order valence-electron chi connectivity index (χ0n) is 11.4. The first-order chi connectivity index (χ1) is 10.4. The molecule has 0 aliphatic carbocycles. The van der Waals surface area contributed by atoms with Crippen molar-refractivity contribution in [1.82, 2.24) is 5.43 Å². The first-order valence-corrected chi connectivity index (χ1v) is 7.71. The van der Waals surface area contributed by atoms with E-state index in [0.717, 1.165) is 5.56 Å². The number of aromatic hydroxyl groups is 1. The Hall–Kier alpha value is -1.56. The lowest BCUT2D eigenvalue weighted by Crippen LogP contribution is -2.18. The molecular weight excluding hydrogens is 391 g/mol. The van der Waals surface area contributed by atoms with Crippen LogP contribution in [0.3, 0.4) is 0 Å². The largest absolute Gasteiger partial charge is 0.506 e. The van der Waals surface area contributed by atoms with Gasteiger partial charge in [0.25, 0.3) is 5.91 Å². The Labute approximate surface area is 145 Å². The van der Waals surface area contributed by atoms with Crippen molar-refractivity contribution in [2.45, 2.75) is 6.92 Å². The highest BCUT2D eigenvalue weighted by atomic mass is 79.9. The second kappa shape index (κ2) is 7.13. The molecule has 0 heterocycles. The predicted molar refractivity (Wildman–Crippen MR) is 92.1 cm³/mol. The summed E-state index contributed by atoms with van der Waals surface area (Å²) < 4.78 is 0.675. The highest BCUT2D eigenvalue weighted by molar-refractivity contribution is 9.10. The molecule has 0 aromatic heterocycles. The molecule has 7 heteroatoms. The quantitative estimate of drug-likeness (QED) is 0.586. The molecule has 2 aromatic carbocycles. The van der Waals surface area contributed by atoms with E-state index in [1.807, 2.05) is 19.1 Å². The van der Waals surface area contributed by atoms with Crippen LogP contribution in [0.25, 0.3) is 0 Å². The van der Waals surface area contributed by atoms with Gasteiger partial charge in [-0.15, -0.1) is 0 Å². The summed E-state index contributed by atoms with van der Waals surface area (Å²) in [6, 6.07) is 8.25. The topological polar surface area (TPSA) is 61.7 Å². The smallest absolute Gasteiger partial charge is 0.272 e. The highest BCUT2D eigenvalue weighted by Gasteiger charge is 2.09. The van der Waals surface area contributed by atoms with E-state index in [-0.39, 0.29) is 16.7 Å². The number of nitrogens with zero attached hydrogens (tertiary/aromatic N) is 1. The van der Waals surface area contributed by atoms with Crippen molar-refractivity contribution < 1.29 is 9.90 Å². The molecule has 0 unspecified atom stereocenters. The lowest BCUT2D eigenvalue weighted by Gasteiger charge is -2.05. The monoisotopic (exact) mass is 400 g/mol. The molecule has 0 saturated carbocycles. The standard InChI is InChI=1S/C15H11BrCl2N2O2/c1-8-2-3-11(12(16)4-8)15(22)20-19-7-9-5-10(17)6-13(18)14(9)21/h2-7,21H,1H3,(H,20,22). The molecule has 0 radical (unpaired) electrons. The number of aryl methyl sites for hydroxylation is 1. The maximum atomic E-state index is 12.0. The number of hydrogen-bond acceptors (Lipinski definition) is 3. The fourth-order valence-electron chi connectivity index (χ4n) is 1.71. The summed E-state index contributed by atoms with van der Waals surface area (Å²) in [7, 11) is 0. The number of carbonyl (C=O) groups excluding carboxylic acids is 1. The lowest BCUT2D eigenvalue weighted by molar-refractivity contribution is 0.0954. The molecule has 2 aromatic rings. The van der Waals surface area contributed by atoms with E-state index in [2.05, 4.69) is 26.5 Å². The van der Waals surface area contributed by atoms with E-state index in [9.17, 15) is 9.90 Å². The molecule has 1 amide bonds. The molecule has 0 aliphatic rings. The van der Waals surface area contributed by atoms with Gasteiger partial charge in [-0.05, 0) is 52.7 Å². The predicted octanol–water partition coefficient (Wildman–Crippen LogP) is 4.53. The third-order valence-electron chi connectivity index (χ3n) is 2.80. The SMILES string of the molecule is Cc1ccc(C(=O)NN=Cc2cc(Cl)cc(Cl)c2O)c(Br)c1. The van der Waals surface area contributed by atoms with Crippen LogP contribution in [0.1, 0.15) is 21.5 Å². The van der Waals surface area contributed by atoms with Gasteiger partial charge in [-0.1, -0.05) is 29.3 Å². The van der Waals surface area contributed by atoms with Gasteiger partial charge in [0.1, 0.15) is 5.75 Å². The number of phenols is 1. The molecule has 114 valence electrons. The second-order valence-electron chi connectivity index (χ2n) is 4.51. The van der Waals surface area contributed by atoms with Gasteiger partial charge in [-0.3, -0.25) is 4.79 Å². The highest BCUT2D eigenvalue weighted by Crippen LogP contribution is 2.29. The zero-order chi connectivity index (χ0) is 16.3. The van der Waals surface area contributed by atoms with Crippen LogP contribution in [0.5, 0.6) is 5.75 Å². The van der Waals surface area contributed by atoms with Gasteiger partial charge in [0.05, 0.1) is 16.8 Å². The van der Waals surface area contributed by atoms with E-state index in [1.54, 1.807) is 6.07 Å². The molecular formula is C15H11BrCl2N2O2. The average Bonchev–Trinajstić information content (AvgIpc) is 2.43. The molecule has 0 fully saturated rings. The number of rotatable bonds is 3. The summed E-state index contributed by atoms with van der Waals surface area (Å²) in [6.45, 7) is 1.93. The number of phenolic OH excluding ortho intramolecular Hbond substituents is 1. The van der Waals surface area contributed by atoms with Crippen LogP contribution < -0.4 is 5.43 Å². The molecule has 0 saturated heterocycles. The summed E-state index contributed by atoms with van der Waals surface area (Å²) >= 11 is 15.0. The molecule has 0 bridgehead atoms. The maximum absolute atomic E-state index is 12.0. The Kier molecular flexibility index (Phi) is 5.45. The van der Waals surface area contributed by atoms with Crippen LogP contribution >= 0.6 is 39.1 Å². The third kappa shape index (κ3) is 4.00. The van der Waals surface area contributed by atoms with Crippen LogP contribution in [-0.4, -0.2) is 17.2 Å². The van der Waals surface area contributed by atoms with Gasteiger partial charge in [-0.2, -0.15) is 5.10 Å². The fourth-order valence-corrected chi connectivity index (χ4v) is 2.89. The number of halogens is 3. The Morgan fingerprint density at radius 2 is 2.05 bits per heavy atom. The number of carbonyl (C=O) groups is 1. The Morgan fingerprint density at radius 1 is 1.32 bits per heavy atom. The van der Waals surface area contributed by atoms with Crippen LogP contribution in [0, 0.1) is 6.92 Å². The van der Waals surface area contributed by atoms with Gasteiger partial charge >= 0.3 is 0 Å². The van der Waals surface area contributed by atoms with Gasteiger partial charge in [0, 0.05) is 15.1 Å². The molecule has 4 nitrogen and oxygen atoms in total. The van der Waals surface area contributed by atoms with E-state index in [0.29, 0.717) is 20.6 Å². The summed E-state index contributed by atoms with van der Waals surface area (Å²) in [5.74, 6) is -0.531. The number of hydrazone groups is 1. The van der Waals surface area contributed by atoms with Crippen LogP contribution in [0.2, 0.25) is 10.0 Å². The second-order valence-corrected chi connectivity index (χ2v) is 6.21. The zero-order valence-corrected chi connectivity index (χ0v) is 14.5. The van der Waals surface area contributed by atoms with Crippen molar-refractivity contribution in [3.8, 4) is 5.75 Å². The van der Waals surface area contributed by atoms with Crippen molar-refractivity contribution in [1.29, 1.82) is 0 Å². The molecule has 0 aliphatic heterocycles. The van der Waals surface area contributed by atoms with Crippen molar-refractivity contribution >= 4 is 51.3 Å². The summed E-state index contributed by atoms with van der Waals surface area (Å²) in [5, 5.41) is 14.0. The molecule has 0 atom stereocenters. The van der Waals surface area contributed by atoms with Gasteiger partial charge in [-0.25, -0.2) is 5.43 Å². The van der Waals surface area contributed by atoms with Gasteiger partial charge < -0.3 is 5.11 Å². The van der Waals surface area contributed by atoms with E-state index < -0.39 is 0 Å². The van der Waals surface area contributed by atoms with Crippen LogP contribution in [0.4, 0.5) is 0 Å². The van der Waals surface area contributed by atoms with Gasteiger partial charge in [0.2, 0.25) is 0 Å². The maximum Gasteiger partial charge on any atom is 0.272 e. The molecule has 2 rings (SSSR count). The number of nitrogens with one attached hydrogen (secondary N) is 1. The minimum atomic E-state index is -0.379. The Morgan fingerprint density at radius 3 is 2.73 bits per heavy atom. The molecule has 22 heavy (non-hydrogen) atoms. The molecule has 0 spiro atoms. The number of amides is 1. The summed E-state index contributed by atoms with van der Waals surface area (Å²) in [4.78, 5) is 12.0. The van der Waals surface area contributed by atoms with Crippen molar-refractivity contribution in [2.75, 3.05) is 0 Å². The Bertz CT molecular complexity index is 763. The van der Waals surface area contributed by atoms with E-state index >= 15 is 0 Å². The van der Waals surface area contributed by atoms with Crippen molar-refractivity contribution in [2.24, 2.45) is 5.10 Å². The first kappa shape index (κ1) is 16.8. The summed E-state index contributed by atoms with van der Waals surface area (Å²) in [5.41, 5.74) is 4.17. The Balaban J connectivity index is 2.14. The fraction of sp³-hybridized carbons (Fsp3) is 0.0667. The van der Waals surface area contributed by atoms with Crippen molar-refractivity contribution in [3.63, 3.8) is 0 Å².